The Bertz CT molecular complexity index is 378. The molecule has 0 amide bonds. The molecule has 0 fully saturated rings. The minimum atomic E-state index is 0.599. The highest BCUT2D eigenvalue weighted by molar-refractivity contribution is 9.10. The van der Waals surface area contributed by atoms with E-state index in [4.69, 9.17) is 10.3 Å². The molecule has 4 nitrogen and oxygen atoms in total. The number of rotatable bonds is 8. The summed E-state index contributed by atoms with van der Waals surface area (Å²) < 4.78 is 6.62. The SMILES string of the molecule is [N-]=[N+]=NCCCCCCOc1ccccc1Br. The van der Waals surface area contributed by atoms with E-state index in [2.05, 4.69) is 26.0 Å². The van der Waals surface area contributed by atoms with Crippen molar-refractivity contribution >= 4 is 15.9 Å². The fourth-order valence-corrected chi connectivity index (χ4v) is 1.83. The zero-order chi connectivity index (χ0) is 12.3. The highest BCUT2D eigenvalue weighted by atomic mass is 79.9. The van der Waals surface area contributed by atoms with E-state index in [9.17, 15) is 0 Å². The van der Waals surface area contributed by atoms with Crippen LogP contribution in [-0.4, -0.2) is 13.2 Å². The van der Waals surface area contributed by atoms with Gasteiger partial charge in [0, 0.05) is 11.5 Å². The van der Waals surface area contributed by atoms with E-state index in [0.717, 1.165) is 42.5 Å². The van der Waals surface area contributed by atoms with Gasteiger partial charge in [0.15, 0.2) is 0 Å². The first-order valence-electron chi connectivity index (χ1n) is 5.73. The van der Waals surface area contributed by atoms with Gasteiger partial charge in [0.05, 0.1) is 11.1 Å². The summed E-state index contributed by atoms with van der Waals surface area (Å²) in [5.74, 6) is 0.890. The fraction of sp³-hybridized carbons (Fsp3) is 0.500. The van der Waals surface area contributed by atoms with Gasteiger partial charge in [0.25, 0.3) is 0 Å². The number of para-hydroxylation sites is 1. The molecule has 0 aromatic heterocycles. The first-order chi connectivity index (χ1) is 8.34. The lowest BCUT2D eigenvalue weighted by atomic mass is 10.2. The molecule has 0 aliphatic rings. The van der Waals surface area contributed by atoms with Crippen molar-refractivity contribution in [2.24, 2.45) is 5.11 Å². The molecule has 0 saturated heterocycles. The Balaban J connectivity index is 2.05. The molecule has 0 atom stereocenters. The van der Waals surface area contributed by atoms with E-state index in [-0.39, 0.29) is 0 Å². The molecule has 0 bridgehead atoms. The van der Waals surface area contributed by atoms with Gasteiger partial charge in [-0.3, -0.25) is 0 Å². The molecule has 0 unspecified atom stereocenters. The number of azide groups is 1. The van der Waals surface area contributed by atoms with Crippen LogP contribution in [0.25, 0.3) is 10.4 Å². The fourth-order valence-electron chi connectivity index (χ4n) is 1.43. The lowest BCUT2D eigenvalue weighted by Crippen LogP contribution is -1.97. The summed E-state index contributed by atoms with van der Waals surface area (Å²) in [5, 5.41) is 3.49. The molecule has 0 saturated carbocycles. The van der Waals surface area contributed by atoms with Crippen LogP contribution in [0.4, 0.5) is 0 Å². The highest BCUT2D eigenvalue weighted by Gasteiger charge is 1.98. The minimum absolute atomic E-state index is 0.599. The lowest BCUT2D eigenvalue weighted by Gasteiger charge is -2.07. The van der Waals surface area contributed by atoms with Gasteiger partial charge in [0.1, 0.15) is 5.75 Å². The van der Waals surface area contributed by atoms with Crippen LogP contribution in [0.1, 0.15) is 25.7 Å². The minimum Gasteiger partial charge on any atom is -0.492 e. The molecule has 1 rings (SSSR count). The predicted molar refractivity (Wildman–Crippen MR) is 72.1 cm³/mol. The number of halogens is 1. The number of hydrogen-bond acceptors (Lipinski definition) is 2. The van der Waals surface area contributed by atoms with Crippen LogP contribution >= 0.6 is 15.9 Å². The highest BCUT2D eigenvalue weighted by Crippen LogP contribution is 2.23. The zero-order valence-electron chi connectivity index (χ0n) is 9.68. The van der Waals surface area contributed by atoms with Gasteiger partial charge in [-0.15, -0.1) is 0 Å². The third-order valence-corrected chi connectivity index (χ3v) is 2.97. The second kappa shape index (κ2) is 8.90. The van der Waals surface area contributed by atoms with E-state index in [1.54, 1.807) is 0 Å². The maximum absolute atomic E-state index is 8.09. The molecule has 0 aliphatic carbocycles. The molecule has 0 N–H and O–H groups in total. The first-order valence-corrected chi connectivity index (χ1v) is 6.52. The van der Waals surface area contributed by atoms with Crippen LogP contribution in [0.3, 0.4) is 0 Å². The van der Waals surface area contributed by atoms with E-state index in [1.807, 2.05) is 24.3 Å². The number of benzene rings is 1. The van der Waals surface area contributed by atoms with Crippen LogP contribution in [0.15, 0.2) is 33.9 Å². The summed E-state index contributed by atoms with van der Waals surface area (Å²) in [4.78, 5) is 2.71. The predicted octanol–water partition coefficient (Wildman–Crippen LogP) is 4.70. The molecule has 5 heteroatoms. The normalized spacial score (nSPS) is 9.71. The third kappa shape index (κ3) is 6.19. The standard InChI is InChI=1S/C12H16BrN3O/c13-11-7-3-4-8-12(11)17-10-6-2-1-5-9-15-16-14/h3-4,7-8H,1-2,5-6,9-10H2. The zero-order valence-corrected chi connectivity index (χ0v) is 11.3. The number of unbranched alkanes of at least 4 members (excludes halogenated alkanes) is 3. The second-order valence-corrected chi connectivity index (χ2v) is 4.50. The number of hydrogen-bond donors (Lipinski definition) is 0. The molecular formula is C12H16BrN3O. The van der Waals surface area contributed by atoms with Crippen molar-refractivity contribution in [2.75, 3.05) is 13.2 Å². The quantitative estimate of drug-likeness (QED) is 0.297. The van der Waals surface area contributed by atoms with Gasteiger partial charge in [-0.25, -0.2) is 0 Å². The molecule has 0 radical (unpaired) electrons. The summed E-state index contributed by atoms with van der Waals surface area (Å²) >= 11 is 3.44. The summed E-state index contributed by atoms with van der Waals surface area (Å²) in [5.41, 5.74) is 8.09. The maximum atomic E-state index is 8.09. The maximum Gasteiger partial charge on any atom is 0.133 e. The molecule has 0 heterocycles. The van der Waals surface area contributed by atoms with Crippen LogP contribution in [0.2, 0.25) is 0 Å². The molecular weight excluding hydrogens is 282 g/mol. The lowest BCUT2D eigenvalue weighted by molar-refractivity contribution is 0.303. The van der Waals surface area contributed by atoms with Gasteiger partial charge in [-0.2, -0.15) is 0 Å². The van der Waals surface area contributed by atoms with E-state index >= 15 is 0 Å². The number of nitrogens with zero attached hydrogens (tertiary/aromatic N) is 3. The topological polar surface area (TPSA) is 58.0 Å². The van der Waals surface area contributed by atoms with Gasteiger partial charge in [-0.05, 0) is 46.4 Å². The van der Waals surface area contributed by atoms with Crippen molar-refractivity contribution in [3.8, 4) is 5.75 Å². The second-order valence-electron chi connectivity index (χ2n) is 3.65. The molecule has 92 valence electrons. The van der Waals surface area contributed by atoms with Crippen molar-refractivity contribution < 1.29 is 4.74 Å². The summed E-state index contributed by atoms with van der Waals surface area (Å²) in [7, 11) is 0. The van der Waals surface area contributed by atoms with Crippen LogP contribution in [-0.2, 0) is 0 Å². The van der Waals surface area contributed by atoms with Gasteiger partial charge in [0.2, 0.25) is 0 Å². The average Bonchev–Trinajstić information content (AvgIpc) is 2.35. The Kier molecular flexibility index (Phi) is 7.27. The summed E-state index contributed by atoms with van der Waals surface area (Å²) in [6, 6.07) is 7.84. The van der Waals surface area contributed by atoms with Crippen molar-refractivity contribution in [1.82, 2.24) is 0 Å². The Morgan fingerprint density at radius 1 is 1.18 bits per heavy atom. The molecule has 17 heavy (non-hydrogen) atoms. The molecule has 1 aromatic carbocycles. The summed E-state index contributed by atoms with van der Waals surface area (Å²) in [6.45, 7) is 1.33. The van der Waals surface area contributed by atoms with Gasteiger partial charge >= 0.3 is 0 Å². The molecule has 0 aliphatic heterocycles. The van der Waals surface area contributed by atoms with Gasteiger partial charge < -0.3 is 4.74 Å². The first kappa shape index (κ1) is 13.9. The monoisotopic (exact) mass is 297 g/mol. The molecule has 1 aromatic rings. The van der Waals surface area contributed by atoms with Crippen LogP contribution in [0.5, 0.6) is 5.75 Å². The van der Waals surface area contributed by atoms with E-state index < -0.39 is 0 Å². The van der Waals surface area contributed by atoms with Crippen LogP contribution in [0, 0.1) is 0 Å². The van der Waals surface area contributed by atoms with Crippen LogP contribution < -0.4 is 4.74 Å². The Labute approximate surface area is 110 Å². The summed E-state index contributed by atoms with van der Waals surface area (Å²) in [6.07, 6.45) is 4.17. The van der Waals surface area contributed by atoms with E-state index in [1.165, 1.54) is 0 Å². The van der Waals surface area contributed by atoms with Crippen molar-refractivity contribution in [2.45, 2.75) is 25.7 Å². The van der Waals surface area contributed by atoms with Crippen molar-refractivity contribution in [1.29, 1.82) is 0 Å². The largest absolute Gasteiger partial charge is 0.492 e. The Morgan fingerprint density at radius 3 is 2.71 bits per heavy atom. The Hall–Kier alpha value is -1.19. The smallest absolute Gasteiger partial charge is 0.133 e. The van der Waals surface area contributed by atoms with E-state index in [0.29, 0.717) is 6.54 Å². The Morgan fingerprint density at radius 2 is 1.94 bits per heavy atom. The van der Waals surface area contributed by atoms with Crippen molar-refractivity contribution in [3.05, 3.63) is 39.2 Å². The van der Waals surface area contributed by atoms with Crippen molar-refractivity contribution in [3.63, 3.8) is 0 Å². The number of ether oxygens (including phenoxy) is 1. The third-order valence-electron chi connectivity index (χ3n) is 2.31. The van der Waals surface area contributed by atoms with Gasteiger partial charge in [-0.1, -0.05) is 30.1 Å². The molecule has 0 spiro atoms. The average molecular weight is 298 g/mol.